The predicted molar refractivity (Wildman–Crippen MR) is 86.7 cm³/mol. The van der Waals surface area contributed by atoms with Crippen molar-refractivity contribution in [3.63, 3.8) is 0 Å². The molecule has 6 nitrogen and oxygen atoms in total. The first-order valence-electron chi connectivity index (χ1n) is 8.03. The molecule has 0 rings (SSSR count). The van der Waals surface area contributed by atoms with Gasteiger partial charge in [-0.3, -0.25) is 9.59 Å². The molecule has 0 heterocycles. The van der Waals surface area contributed by atoms with Crippen LogP contribution in [0.5, 0.6) is 0 Å². The molecule has 1 unspecified atom stereocenters. The van der Waals surface area contributed by atoms with Crippen molar-refractivity contribution < 1.29 is 19.1 Å². The molecule has 0 spiro atoms. The highest BCUT2D eigenvalue weighted by Crippen LogP contribution is 2.02. The Morgan fingerprint density at radius 2 is 1.68 bits per heavy atom. The maximum Gasteiger partial charge on any atom is 0.307 e. The summed E-state index contributed by atoms with van der Waals surface area (Å²) < 4.78 is 10.3. The van der Waals surface area contributed by atoms with E-state index in [2.05, 4.69) is 9.80 Å². The summed E-state index contributed by atoms with van der Waals surface area (Å²) in [6.07, 6.45) is 1.91. The lowest BCUT2D eigenvalue weighted by atomic mass is 10.3. The lowest BCUT2D eigenvalue weighted by Crippen LogP contribution is -2.31. The number of ether oxygens (including phenoxy) is 2. The van der Waals surface area contributed by atoms with E-state index in [1.165, 1.54) is 0 Å². The molecule has 1 atom stereocenters. The molecule has 6 heteroatoms. The molecule has 0 aromatic rings. The topological polar surface area (TPSA) is 59.1 Å². The molecule has 0 amide bonds. The van der Waals surface area contributed by atoms with E-state index < -0.39 is 0 Å². The molecule has 0 aliphatic carbocycles. The van der Waals surface area contributed by atoms with E-state index in [-0.39, 0.29) is 18.0 Å². The smallest absolute Gasteiger partial charge is 0.307 e. The maximum absolute atomic E-state index is 11.7. The van der Waals surface area contributed by atoms with Crippen molar-refractivity contribution in [2.24, 2.45) is 0 Å². The van der Waals surface area contributed by atoms with Crippen LogP contribution < -0.4 is 0 Å². The summed E-state index contributed by atoms with van der Waals surface area (Å²) in [5.74, 6) is -0.396. The number of carbonyl (C=O) groups excluding carboxylic acids is 2. The van der Waals surface area contributed by atoms with Crippen LogP contribution in [0.3, 0.4) is 0 Å². The van der Waals surface area contributed by atoms with Gasteiger partial charge in [-0.05, 0) is 34.5 Å². The zero-order valence-corrected chi connectivity index (χ0v) is 14.8. The van der Waals surface area contributed by atoms with Gasteiger partial charge in [0.15, 0.2) is 0 Å². The zero-order valence-electron chi connectivity index (χ0n) is 14.8. The van der Waals surface area contributed by atoms with Gasteiger partial charge in [-0.15, -0.1) is 0 Å². The first-order valence-corrected chi connectivity index (χ1v) is 8.03. The number of hydrogen-bond donors (Lipinski definition) is 0. The minimum absolute atomic E-state index is 0.191. The molecule has 0 aromatic carbocycles. The number of likely N-dealkylation sites (N-methyl/N-ethyl adjacent to an activating group) is 2. The summed E-state index contributed by atoms with van der Waals surface area (Å²) in [7, 11) is 6.04. The van der Waals surface area contributed by atoms with E-state index in [0.29, 0.717) is 32.4 Å². The average molecular weight is 316 g/mol. The van der Waals surface area contributed by atoms with Crippen LogP contribution in [0, 0.1) is 0 Å². The van der Waals surface area contributed by atoms with Crippen molar-refractivity contribution in [1.29, 1.82) is 0 Å². The van der Waals surface area contributed by atoms with Crippen LogP contribution in [-0.4, -0.2) is 75.2 Å². The van der Waals surface area contributed by atoms with E-state index in [4.69, 9.17) is 9.47 Å². The molecule has 0 saturated carbocycles. The molecule has 0 fully saturated rings. The summed E-state index contributed by atoms with van der Waals surface area (Å²) >= 11 is 0. The van der Waals surface area contributed by atoms with Crippen LogP contribution in [0.2, 0.25) is 0 Å². The summed E-state index contributed by atoms with van der Waals surface area (Å²) in [4.78, 5) is 27.1. The predicted octanol–water partition coefficient (Wildman–Crippen LogP) is 1.54. The van der Waals surface area contributed by atoms with Crippen LogP contribution in [0.15, 0.2) is 0 Å². The molecule has 22 heavy (non-hydrogen) atoms. The van der Waals surface area contributed by atoms with E-state index in [0.717, 1.165) is 19.5 Å². The molecule has 130 valence electrons. The highest BCUT2D eigenvalue weighted by Gasteiger charge is 2.11. The van der Waals surface area contributed by atoms with Crippen molar-refractivity contribution in [2.75, 3.05) is 47.4 Å². The van der Waals surface area contributed by atoms with Crippen LogP contribution in [-0.2, 0) is 19.1 Å². The quantitative estimate of drug-likeness (QED) is 0.509. The summed E-state index contributed by atoms with van der Waals surface area (Å²) in [6.45, 7) is 6.62. The normalized spacial score (nSPS) is 12.5. The van der Waals surface area contributed by atoms with Crippen molar-refractivity contribution in [3.8, 4) is 0 Å². The first kappa shape index (κ1) is 20.9. The Kier molecular flexibility index (Phi) is 11.8. The molecule has 0 radical (unpaired) electrons. The van der Waals surface area contributed by atoms with Gasteiger partial charge in [0.1, 0.15) is 6.10 Å². The fourth-order valence-electron chi connectivity index (χ4n) is 1.72. The van der Waals surface area contributed by atoms with Crippen molar-refractivity contribution in [1.82, 2.24) is 9.80 Å². The third kappa shape index (κ3) is 12.6. The number of carbonyl (C=O) groups is 2. The van der Waals surface area contributed by atoms with E-state index in [1.54, 1.807) is 0 Å². The SMILES string of the molecule is CCCC(=O)OCCC(C)OC(=O)CCN(C)CCN(C)C. The average Bonchev–Trinajstić information content (AvgIpc) is 2.43. The van der Waals surface area contributed by atoms with Crippen molar-refractivity contribution in [2.45, 2.75) is 45.6 Å². The Labute approximate surface area is 134 Å². The van der Waals surface area contributed by atoms with Crippen LogP contribution in [0.1, 0.15) is 39.5 Å². The highest BCUT2D eigenvalue weighted by atomic mass is 16.6. The van der Waals surface area contributed by atoms with E-state index in [1.807, 2.05) is 35.0 Å². The van der Waals surface area contributed by atoms with Gasteiger partial charge in [0, 0.05) is 32.5 Å². The fourth-order valence-corrected chi connectivity index (χ4v) is 1.72. The van der Waals surface area contributed by atoms with E-state index >= 15 is 0 Å². The number of rotatable bonds is 12. The standard InChI is InChI=1S/C16H32N2O4/c1-6-7-15(19)21-13-9-14(2)22-16(20)8-10-18(5)12-11-17(3)4/h14H,6-13H2,1-5H3. The Morgan fingerprint density at radius 3 is 2.27 bits per heavy atom. The molecule has 0 aliphatic rings. The number of hydrogen-bond acceptors (Lipinski definition) is 6. The van der Waals surface area contributed by atoms with Crippen LogP contribution in [0.4, 0.5) is 0 Å². The van der Waals surface area contributed by atoms with Crippen molar-refractivity contribution in [3.05, 3.63) is 0 Å². The molecule has 0 aliphatic heterocycles. The van der Waals surface area contributed by atoms with Gasteiger partial charge in [0.25, 0.3) is 0 Å². The maximum atomic E-state index is 11.7. The van der Waals surface area contributed by atoms with Crippen molar-refractivity contribution >= 4 is 11.9 Å². The second-order valence-corrected chi connectivity index (χ2v) is 5.92. The Bertz CT molecular complexity index is 321. The lowest BCUT2D eigenvalue weighted by molar-refractivity contribution is -0.150. The summed E-state index contributed by atoms with van der Waals surface area (Å²) in [5, 5.41) is 0. The second-order valence-electron chi connectivity index (χ2n) is 5.92. The largest absolute Gasteiger partial charge is 0.466 e. The summed E-state index contributed by atoms with van der Waals surface area (Å²) in [5.41, 5.74) is 0. The zero-order chi connectivity index (χ0) is 17.0. The number of esters is 2. The van der Waals surface area contributed by atoms with Gasteiger partial charge in [-0.25, -0.2) is 0 Å². The summed E-state index contributed by atoms with van der Waals surface area (Å²) in [6, 6.07) is 0. The minimum atomic E-state index is -0.228. The second kappa shape index (κ2) is 12.4. The molecule has 0 N–H and O–H groups in total. The van der Waals surface area contributed by atoms with Gasteiger partial charge >= 0.3 is 11.9 Å². The highest BCUT2D eigenvalue weighted by molar-refractivity contribution is 5.70. The third-order valence-corrected chi connectivity index (χ3v) is 3.20. The lowest BCUT2D eigenvalue weighted by Gasteiger charge is -2.19. The fraction of sp³-hybridized carbons (Fsp3) is 0.875. The van der Waals surface area contributed by atoms with Gasteiger partial charge < -0.3 is 19.3 Å². The number of nitrogens with zero attached hydrogens (tertiary/aromatic N) is 2. The Hall–Kier alpha value is -1.14. The molecule has 0 bridgehead atoms. The molecular weight excluding hydrogens is 284 g/mol. The molecule has 0 aromatic heterocycles. The first-order chi connectivity index (χ1) is 10.3. The van der Waals surface area contributed by atoms with E-state index in [9.17, 15) is 9.59 Å². The van der Waals surface area contributed by atoms with Gasteiger partial charge in [0.05, 0.1) is 13.0 Å². The minimum Gasteiger partial charge on any atom is -0.466 e. The van der Waals surface area contributed by atoms with Gasteiger partial charge in [-0.1, -0.05) is 6.92 Å². The molecule has 0 saturated heterocycles. The van der Waals surface area contributed by atoms with Gasteiger partial charge in [0.2, 0.25) is 0 Å². The molecular formula is C16H32N2O4. The van der Waals surface area contributed by atoms with Crippen LogP contribution >= 0.6 is 0 Å². The van der Waals surface area contributed by atoms with Gasteiger partial charge in [-0.2, -0.15) is 0 Å². The third-order valence-electron chi connectivity index (χ3n) is 3.20. The Morgan fingerprint density at radius 1 is 1.00 bits per heavy atom. The van der Waals surface area contributed by atoms with Crippen LogP contribution in [0.25, 0.3) is 0 Å². The Balaban J connectivity index is 3.71. The monoisotopic (exact) mass is 316 g/mol.